The first kappa shape index (κ1) is 16.1. The highest BCUT2D eigenvalue weighted by molar-refractivity contribution is 6.09. The van der Waals surface area contributed by atoms with Crippen LogP contribution in [-0.2, 0) is 18.3 Å². The highest BCUT2D eigenvalue weighted by Gasteiger charge is 2.20. The van der Waals surface area contributed by atoms with E-state index in [1.807, 2.05) is 54.9 Å². The van der Waals surface area contributed by atoms with Gasteiger partial charge in [0.25, 0.3) is 5.56 Å². The topological polar surface area (TPSA) is 77.1 Å². The Kier molecular flexibility index (Phi) is 3.61. The van der Waals surface area contributed by atoms with Gasteiger partial charge >= 0.3 is 5.97 Å². The largest absolute Gasteiger partial charge is 0.481 e. The summed E-state index contributed by atoms with van der Waals surface area (Å²) in [5, 5.41) is 15.2. The van der Waals surface area contributed by atoms with Gasteiger partial charge in [0.15, 0.2) is 0 Å². The number of hydrogen-bond acceptors (Lipinski definition) is 3. The van der Waals surface area contributed by atoms with Crippen LogP contribution in [-0.4, -0.2) is 25.4 Å². The molecule has 1 N–H and O–H groups in total. The van der Waals surface area contributed by atoms with Gasteiger partial charge in [0.1, 0.15) is 5.52 Å². The molecule has 0 amide bonds. The zero-order valence-corrected chi connectivity index (χ0v) is 14.4. The maximum absolute atomic E-state index is 13.2. The minimum Gasteiger partial charge on any atom is -0.481 e. The molecule has 0 atom stereocenters. The third-order valence-electron chi connectivity index (χ3n) is 4.58. The predicted octanol–water partition coefficient (Wildman–Crippen LogP) is 2.81. The van der Waals surface area contributed by atoms with Crippen LogP contribution in [0, 0.1) is 6.92 Å². The van der Waals surface area contributed by atoms with Crippen LogP contribution < -0.4 is 5.56 Å². The normalized spacial score (nSPS) is 11.3. The Labute approximate surface area is 148 Å². The van der Waals surface area contributed by atoms with Crippen LogP contribution >= 0.6 is 0 Å². The molecule has 26 heavy (non-hydrogen) atoms. The molecular formula is C20H17N3O3. The lowest BCUT2D eigenvalue weighted by Crippen LogP contribution is -2.25. The van der Waals surface area contributed by atoms with Gasteiger partial charge in [-0.15, -0.1) is 0 Å². The first-order chi connectivity index (χ1) is 12.5. The van der Waals surface area contributed by atoms with Crippen molar-refractivity contribution in [2.75, 3.05) is 0 Å². The van der Waals surface area contributed by atoms with E-state index in [0.717, 1.165) is 16.5 Å². The van der Waals surface area contributed by atoms with Gasteiger partial charge in [0, 0.05) is 23.3 Å². The summed E-state index contributed by atoms with van der Waals surface area (Å²) >= 11 is 0. The molecule has 4 rings (SSSR count). The molecule has 0 radical (unpaired) electrons. The Hall–Kier alpha value is -3.41. The average Bonchev–Trinajstić information content (AvgIpc) is 2.90. The lowest BCUT2D eigenvalue weighted by atomic mass is 10.1. The molecule has 130 valence electrons. The maximum atomic E-state index is 13.2. The van der Waals surface area contributed by atoms with Gasteiger partial charge < -0.3 is 9.67 Å². The summed E-state index contributed by atoms with van der Waals surface area (Å²) in [5.41, 5.74) is 3.09. The summed E-state index contributed by atoms with van der Waals surface area (Å²) in [7, 11) is 1.82. The lowest BCUT2D eigenvalue weighted by Gasteiger charge is -2.09. The molecule has 0 spiro atoms. The van der Waals surface area contributed by atoms with Crippen molar-refractivity contribution in [2.45, 2.75) is 13.3 Å². The van der Waals surface area contributed by atoms with Crippen molar-refractivity contribution in [1.29, 1.82) is 0 Å². The van der Waals surface area contributed by atoms with Gasteiger partial charge in [0.05, 0.1) is 17.8 Å². The van der Waals surface area contributed by atoms with Crippen LogP contribution in [0.3, 0.4) is 0 Å². The van der Waals surface area contributed by atoms with E-state index in [2.05, 4.69) is 5.10 Å². The van der Waals surface area contributed by atoms with Crippen molar-refractivity contribution in [1.82, 2.24) is 14.3 Å². The number of aromatic nitrogens is 3. The summed E-state index contributed by atoms with van der Waals surface area (Å²) in [5.74, 6) is -0.985. The van der Waals surface area contributed by atoms with Crippen molar-refractivity contribution in [2.24, 2.45) is 7.05 Å². The van der Waals surface area contributed by atoms with Crippen molar-refractivity contribution >= 4 is 27.8 Å². The highest BCUT2D eigenvalue weighted by Crippen LogP contribution is 2.29. The zero-order chi connectivity index (χ0) is 18.4. The van der Waals surface area contributed by atoms with Gasteiger partial charge in [-0.2, -0.15) is 9.78 Å². The molecule has 0 unspecified atom stereocenters. The van der Waals surface area contributed by atoms with E-state index >= 15 is 0 Å². The van der Waals surface area contributed by atoms with Gasteiger partial charge in [-0.3, -0.25) is 9.59 Å². The maximum Gasteiger partial charge on any atom is 0.309 e. The van der Waals surface area contributed by atoms with Crippen LogP contribution in [0.2, 0.25) is 0 Å². The average molecular weight is 347 g/mol. The fraction of sp³-hybridized carbons (Fsp3) is 0.150. The summed E-state index contributed by atoms with van der Waals surface area (Å²) < 4.78 is 3.10. The van der Waals surface area contributed by atoms with E-state index in [-0.39, 0.29) is 12.0 Å². The summed E-state index contributed by atoms with van der Waals surface area (Å²) in [4.78, 5) is 24.6. The van der Waals surface area contributed by atoms with Crippen molar-refractivity contribution in [3.63, 3.8) is 0 Å². The quantitative estimate of drug-likeness (QED) is 0.618. The molecule has 0 saturated carbocycles. The first-order valence-corrected chi connectivity index (χ1v) is 8.25. The monoisotopic (exact) mass is 347 g/mol. The number of aliphatic carboxylic acids is 1. The molecule has 6 heteroatoms. The second kappa shape index (κ2) is 5.84. The SMILES string of the molecule is Cc1ccc2c(c1)c1c(CC(=O)O)nn(-c3ccccc3)c(=O)c1n2C. The van der Waals surface area contributed by atoms with Gasteiger partial charge in [-0.1, -0.05) is 29.8 Å². The Bertz CT molecular complexity index is 1220. The molecule has 2 aromatic heterocycles. The van der Waals surface area contributed by atoms with Gasteiger partial charge in [-0.05, 0) is 31.2 Å². The smallest absolute Gasteiger partial charge is 0.309 e. The number of carboxylic acids is 1. The zero-order valence-electron chi connectivity index (χ0n) is 14.4. The minimum absolute atomic E-state index is 0.253. The third kappa shape index (κ3) is 2.38. The number of carbonyl (C=O) groups is 1. The first-order valence-electron chi connectivity index (χ1n) is 8.25. The molecule has 2 aromatic carbocycles. The van der Waals surface area contributed by atoms with Crippen LogP contribution in [0.4, 0.5) is 0 Å². The Morgan fingerprint density at radius 2 is 1.88 bits per heavy atom. The fourth-order valence-corrected chi connectivity index (χ4v) is 3.43. The van der Waals surface area contributed by atoms with E-state index in [1.165, 1.54) is 4.68 Å². The Balaban J connectivity index is 2.20. The Morgan fingerprint density at radius 3 is 2.58 bits per heavy atom. The van der Waals surface area contributed by atoms with Crippen LogP contribution in [0.5, 0.6) is 0 Å². The molecule has 0 saturated heterocycles. The standard InChI is InChI=1S/C20H17N3O3/c1-12-8-9-16-14(10-12)18-15(11-17(24)25)21-23(13-6-4-3-5-7-13)20(26)19(18)22(16)2/h3-10H,11H2,1-2H3,(H,24,25). The minimum atomic E-state index is -0.985. The van der Waals surface area contributed by atoms with E-state index in [1.54, 1.807) is 12.1 Å². The van der Waals surface area contributed by atoms with Crippen molar-refractivity contribution in [3.8, 4) is 5.69 Å². The van der Waals surface area contributed by atoms with Crippen molar-refractivity contribution in [3.05, 3.63) is 70.1 Å². The molecule has 0 fully saturated rings. The lowest BCUT2D eigenvalue weighted by molar-refractivity contribution is -0.136. The molecule has 0 aliphatic heterocycles. The number of aryl methyl sites for hydroxylation is 2. The molecule has 4 aromatic rings. The molecule has 0 bridgehead atoms. The summed E-state index contributed by atoms with van der Waals surface area (Å²) in [6, 6.07) is 14.9. The van der Waals surface area contributed by atoms with Gasteiger partial charge in [-0.25, -0.2) is 0 Å². The number of hydrogen-bond donors (Lipinski definition) is 1. The van der Waals surface area contributed by atoms with E-state index in [0.29, 0.717) is 22.3 Å². The number of rotatable bonds is 3. The number of carboxylic acid groups (broad SMARTS) is 1. The van der Waals surface area contributed by atoms with E-state index in [9.17, 15) is 14.7 Å². The second-order valence-electron chi connectivity index (χ2n) is 6.37. The summed E-state index contributed by atoms with van der Waals surface area (Å²) in [6.07, 6.45) is -0.253. The Morgan fingerprint density at radius 1 is 1.15 bits per heavy atom. The highest BCUT2D eigenvalue weighted by atomic mass is 16.4. The van der Waals surface area contributed by atoms with Crippen LogP contribution in [0.15, 0.2) is 53.3 Å². The number of fused-ring (bicyclic) bond motifs is 3. The third-order valence-corrected chi connectivity index (χ3v) is 4.58. The molecule has 6 nitrogen and oxygen atoms in total. The number of benzene rings is 2. The molecule has 2 heterocycles. The number of nitrogens with zero attached hydrogens (tertiary/aromatic N) is 3. The predicted molar refractivity (Wildman–Crippen MR) is 99.9 cm³/mol. The van der Waals surface area contributed by atoms with E-state index < -0.39 is 5.97 Å². The van der Waals surface area contributed by atoms with E-state index in [4.69, 9.17) is 0 Å². The van der Waals surface area contributed by atoms with Crippen LogP contribution in [0.1, 0.15) is 11.3 Å². The fourth-order valence-electron chi connectivity index (χ4n) is 3.43. The van der Waals surface area contributed by atoms with Gasteiger partial charge in [0.2, 0.25) is 0 Å². The van der Waals surface area contributed by atoms with Crippen molar-refractivity contribution < 1.29 is 9.90 Å². The molecule has 0 aliphatic carbocycles. The molecule has 0 aliphatic rings. The second-order valence-corrected chi connectivity index (χ2v) is 6.37. The number of para-hydroxylation sites is 1. The molecular weight excluding hydrogens is 330 g/mol. The van der Waals surface area contributed by atoms with Crippen LogP contribution in [0.25, 0.3) is 27.5 Å². The summed E-state index contributed by atoms with van der Waals surface area (Å²) in [6.45, 7) is 1.97.